The third-order valence-corrected chi connectivity index (χ3v) is 7.48. The highest BCUT2D eigenvalue weighted by Crippen LogP contribution is 2.12. The van der Waals surface area contributed by atoms with E-state index in [2.05, 4.69) is 40.0 Å². The summed E-state index contributed by atoms with van der Waals surface area (Å²) in [6.07, 6.45) is 0.579. The lowest BCUT2D eigenvalue weighted by Crippen LogP contribution is -2.43. The molecule has 0 aliphatic heterocycles. The van der Waals surface area contributed by atoms with Crippen molar-refractivity contribution in [3.05, 3.63) is 144 Å². The average Bonchev–Trinajstić information content (AvgIpc) is 3.16. The van der Waals surface area contributed by atoms with Crippen LogP contribution in [0.1, 0.15) is 86.2 Å². The summed E-state index contributed by atoms with van der Waals surface area (Å²) in [7, 11) is 0. The number of nitrogens with zero attached hydrogens (tertiary/aromatic N) is 2. The Morgan fingerprint density at radius 1 is 0.661 bits per heavy atom. The average molecular weight is 797 g/mol. The van der Waals surface area contributed by atoms with Gasteiger partial charge in [0.2, 0.25) is 0 Å². The molecule has 4 aromatic carbocycles. The van der Waals surface area contributed by atoms with E-state index in [-0.39, 0.29) is 35.3 Å². The summed E-state index contributed by atoms with van der Waals surface area (Å²) < 4.78 is 10.6. The summed E-state index contributed by atoms with van der Waals surface area (Å²) in [5, 5.41) is 8.28. The molecule has 0 atom stereocenters. The molecule has 0 fully saturated rings. The Kier molecular flexibility index (Phi) is 20.8. The molecule has 0 spiro atoms. The minimum absolute atomic E-state index is 0.155. The molecule has 0 aromatic heterocycles. The molecule has 0 radical (unpaired) electrons. The van der Waals surface area contributed by atoms with E-state index >= 15 is 0 Å². The monoisotopic (exact) mass is 796 g/mol. The highest BCUT2D eigenvalue weighted by molar-refractivity contribution is 7.80. The van der Waals surface area contributed by atoms with E-state index in [0.717, 1.165) is 12.1 Å². The first-order valence-corrected chi connectivity index (χ1v) is 18.9. The van der Waals surface area contributed by atoms with Crippen LogP contribution in [0.2, 0.25) is 0 Å². The number of aliphatic imine (C=N–C) groups is 1. The van der Waals surface area contributed by atoms with Gasteiger partial charge in [-0.2, -0.15) is 4.99 Å². The predicted octanol–water partition coefficient (Wildman–Crippen LogP) is 8.37. The normalized spacial score (nSPS) is 10.5. The van der Waals surface area contributed by atoms with Crippen molar-refractivity contribution in [2.75, 3.05) is 13.1 Å². The minimum Gasteiger partial charge on any atom is -0.460 e. The van der Waals surface area contributed by atoms with Crippen LogP contribution in [-0.4, -0.2) is 63.2 Å². The fraction of sp³-hybridized carbons (Fsp3) is 0.318. The summed E-state index contributed by atoms with van der Waals surface area (Å²) in [6, 6.07) is 37.5. The first-order chi connectivity index (χ1) is 26.6. The van der Waals surface area contributed by atoms with E-state index in [0.29, 0.717) is 37.2 Å². The molecule has 0 unspecified atom stereocenters. The van der Waals surface area contributed by atoms with Crippen molar-refractivity contribution in [1.82, 2.24) is 15.5 Å². The molecular formula is C44H52N4O6S2. The third kappa shape index (κ3) is 21.5. The van der Waals surface area contributed by atoms with Crippen molar-refractivity contribution >= 4 is 58.5 Å². The zero-order chi connectivity index (χ0) is 41.4. The van der Waals surface area contributed by atoms with Crippen LogP contribution in [0, 0.1) is 0 Å². The second-order valence-corrected chi connectivity index (χ2v) is 14.8. The van der Waals surface area contributed by atoms with Crippen LogP contribution in [-0.2, 0) is 32.2 Å². The van der Waals surface area contributed by atoms with Crippen molar-refractivity contribution in [3.63, 3.8) is 0 Å². The number of hydrogen-bond donors (Lipinski definition) is 2. The lowest BCUT2D eigenvalue weighted by atomic mass is 10.2. The molecule has 0 heterocycles. The summed E-state index contributed by atoms with van der Waals surface area (Å²) in [5.41, 5.74) is 2.38. The Balaban J connectivity index is 0.000000326. The van der Waals surface area contributed by atoms with Crippen molar-refractivity contribution in [1.29, 1.82) is 0 Å². The quantitative estimate of drug-likeness (QED) is 0.0625. The number of hydrogen-bond acceptors (Lipinski definition) is 9. The van der Waals surface area contributed by atoms with E-state index in [4.69, 9.17) is 21.7 Å². The van der Waals surface area contributed by atoms with E-state index in [1.54, 1.807) is 53.4 Å². The largest absolute Gasteiger partial charge is 0.460 e. The number of amides is 2. The molecule has 0 saturated carbocycles. The number of nitrogens with one attached hydrogen (secondary N) is 2. The van der Waals surface area contributed by atoms with Gasteiger partial charge in [0.05, 0.1) is 18.0 Å². The van der Waals surface area contributed by atoms with Crippen molar-refractivity contribution in [2.24, 2.45) is 4.99 Å². The maximum Gasteiger partial charge on any atom is 0.308 e. The lowest BCUT2D eigenvalue weighted by molar-refractivity contribution is -0.156. The summed E-state index contributed by atoms with van der Waals surface area (Å²) >= 11 is 9.75. The molecule has 56 heavy (non-hydrogen) atoms. The van der Waals surface area contributed by atoms with Crippen LogP contribution in [0.15, 0.2) is 126 Å². The van der Waals surface area contributed by atoms with Gasteiger partial charge < -0.3 is 19.7 Å². The number of benzene rings is 4. The van der Waals surface area contributed by atoms with Crippen molar-refractivity contribution in [3.8, 4) is 0 Å². The van der Waals surface area contributed by atoms with Gasteiger partial charge in [0.1, 0.15) is 11.2 Å². The van der Waals surface area contributed by atoms with Gasteiger partial charge in [0.15, 0.2) is 5.11 Å². The van der Waals surface area contributed by atoms with E-state index in [1.807, 2.05) is 107 Å². The molecule has 10 nitrogen and oxygen atoms in total. The number of carbonyl (C=O) groups excluding carboxylic acids is 4. The maximum atomic E-state index is 12.4. The van der Waals surface area contributed by atoms with Crippen LogP contribution in [0.25, 0.3) is 0 Å². The van der Waals surface area contributed by atoms with Gasteiger partial charge in [0, 0.05) is 37.3 Å². The minimum atomic E-state index is -0.538. The van der Waals surface area contributed by atoms with Crippen molar-refractivity contribution < 1.29 is 28.7 Å². The number of ether oxygens (including phenoxy) is 2. The Morgan fingerprint density at radius 2 is 1.11 bits per heavy atom. The second kappa shape index (κ2) is 24.9. The van der Waals surface area contributed by atoms with Crippen LogP contribution in [0.3, 0.4) is 0 Å². The summed E-state index contributed by atoms with van der Waals surface area (Å²) in [6.45, 7) is 13.4. The molecule has 2 amide bonds. The zero-order valence-electron chi connectivity index (χ0n) is 33.0. The van der Waals surface area contributed by atoms with E-state index < -0.39 is 11.2 Å². The van der Waals surface area contributed by atoms with Crippen LogP contribution < -0.4 is 10.6 Å². The number of esters is 2. The molecule has 0 saturated heterocycles. The Morgan fingerprint density at radius 3 is 1.59 bits per heavy atom. The van der Waals surface area contributed by atoms with Gasteiger partial charge >= 0.3 is 11.9 Å². The predicted molar refractivity (Wildman–Crippen MR) is 228 cm³/mol. The summed E-state index contributed by atoms with van der Waals surface area (Å²) in [5.74, 6) is -1.08. The molecule has 0 bridgehead atoms. The van der Waals surface area contributed by atoms with Gasteiger partial charge in [-0.15, -0.1) is 0 Å². The maximum absolute atomic E-state index is 12.4. The Labute approximate surface area is 341 Å². The third-order valence-electron chi connectivity index (χ3n) is 7.03. The number of rotatable bonds is 12. The highest BCUT2D eigenvalue weighted by atomic mass is 32.1. The zero-order valence-corrected chi connectivity index (χ0v) is 34.6. The fourth-order valence-corrected chi connectivity index (χ4v) is 4.94. The van der Waals surface area contributed by atoms with Crippen LogP contribution in [0.4, 0.5) is 0 Å². The highest BCUT2D eigenvalue weighted by Gasteiger charge is 2.20. The van der Waals surface area contributed by atoms with E-state index in [9.17, 15) is 19.2 Å². The first kappa shape index (κ1) is 46.8. The smallest absolute Gasteiger partial charge is 0.308 e. The first-order valence-electron chi connectivity index (χ1n) is 18.1. The molecular weight excluding hydrogens is 745 g/mol. The Hall–Kier alpha value is -5.39. The molecule has 4 aromatic rings. The van der Waals surface area contributed by atoms with Crippen LogP contribution in [0.5, 0.6) is 0 Å². The van der Waals surface area contributed by atoms with Gasteiger partial charge in [-0.05, 0) is 101 Å². The number of carbonyl (C=O) groups is 4. The van der Waals surface area contributed by atoms with E-state index in [1.165, 1.54) is 5.56 Å². The number of thiocarbonyl (C=S) groups is 2. The number of isothiocyanates is 1. The van der Waals surface area contributed by atoms with Crippen LogP contribution >= 0.6 is 24.4 Å². The molecule has 0 aliphatic rings. The van der Waals surface area contributed by atoms with Crippen molar-refractivity contribution in [2.45, 2.75) is 78.7 Å². The molecule has 4 rings (SSSR count). The summed E-state index contributed by atoms with van der Waals surface area (Å²) in [4.78, 5) is 52.0. The lowest BCUT2D eigenvalue weighted by Gasteiger charge is -2.26. The standard InChI is InChI=1S/C22H26N2O3S.C14H21NO2.C8H5NOS/c1-22(2,3)27-19(25)14-15-24(16-17-10-6-4-7-11-17)21(28)23-20(26)18-12-8-5-9-13-18;1-14(2,3)17-13(16)9-10-15-11-12-7-5-4-6-8-12;10-8(9-6-11)7-4-2-1-3-5-7/h4-13H,14-16H2,1-3H3,(H,23,26,28);4-8,15H,9-11H2,1-3H3;1-5H. The van der Waals surface area contributed by atoms with Gasteiger partial charge in [-0.3, -0.25) is 24.5 Å². The molecule has 12 heteroatoms. The van der Waals surface area contributed by atoms with Gasteiger partial charge in [0.25, 0.3) is 11.8 Å². The SMILES string of the molecule is CC(C)(C)OC(=O)CCN(Cc1ccccc1)C(=S)NC(=O)c1ccccc1.CC(C)(C)OC(=O)CCNCc1ccccc1.O=C(N=C=S)c1ccccc1. The Bertz CT molecular complexity index is 1860. The molecule has 296 valence electrons. The molecule has 2 N–H and O–H groups in total. The molecule has 0 aliphatic carbocycles. The van der Waals surface area contributed by atoms with Gasteiger partial charge in [-0.25, -0.2) is 0 Å². The second-order valence-electron chi connectivity index (χ2n) is 14.2. The van der Waals surface area contributed by atoms with Gasteiger partial charge in [-0.1, -0.05) is 97.1 Å². The fourth-order valence-electron chi connectivity index (χ4n) is 4.61. The topological polar surface area (TPSA) is 126 Å².